The van der Waals surface area contributed by atoms with Gasteiger partial charge in [0.1, 0.15) is 36.1 Å². The molecule has 0 spiro atoms. The second-order valence-electron chi connectivity index (χ2n) is 17.4. The van der Waals surface area contributed by atoms with Crippen LogP contribution in [-0.2, 0) is 39.8 Å². The van der Waals surface area contributed by atoms with E-state index < -0.39 is 61.2 Å². The highest BCUT2D eigenvalue weighted by atomic mass is 16.7. The summed E-state index contributed by atoms with van der Waals surface area (Å²) in [5.74, 6) is -1.98. The fraction of sp³-hybridized carbons (Fsp3) is 0.408. The molecular weight excluding hydrogens is 941 g/mol. The summed E-state index contributed by atoms with van der Waals surface area (Å²) in [5.41, 5.74) is 2.42. The number of carbonyl (C=O) groups is 7. The largest absolute Gasteiger partial charge is 0.493 e. The molecule has 23 heteroatoms. The van der Waals surface area contributed by atoms with Crippen molar-refractivity contribution in [3.63, 3.8) is 0 Å². The SMILES string of the molecule is CNC(=O)c1cc(COC(=O)N2c3cc(OCCCC(=O)Nc4cc(C(=O)Nc5cc(C(=O)NCCCO)n(C)c5)n(C)c4)c(OC)cc3C(=O)N3C=C(C)CC3C2O)ccc1O[C@H]1C[C@@H](O)C[C@@H](C=O)O1. The summed E-state index contributed by atoms with van der Waals surface area (Å²) in [6.45, 7) is 1.61. The van der Waals surface area contributed by atoms with Crippen molar-refractivity contribution in [2.75, 3.05) is 49.4 Å². The third kappa shape index (κ3) is 11.9. The summed E-state index contributed by atoms with van der Waals surface area (Å²) in [6, 6.07) is 9.37. The van der Waals surface area contributed by atoms with E-state index in [-0.39, 0.29) is 96.9 Å². The molecule has 5 heterocycles. The third-order valence-corrected chi connectivity index (χ3v) is 12.1. The molecule has 2 aromatic heterocycles. The number of aliphatic hydroxyl groups excluding tert-OH is 3. The summed E-state index contributed by atoms with van der Waals surface area (Å²) >= 11 is 0. The number of nitrogens with one attached hydrogen (secondary N) is 4. The highest BCUT2D eigenvalue weighted by molar-refractivity contribution is 6.07. The molecule has 384 valence electrons. The maximum absolute atomic E-state index is 14.2. The number of hydrogen-bond donors (Lipinski definition) is 7. The van der Waals surface area contributed by atoms with Crippen LogP contribution in [0, 0.1) is 0 Å². The van der Waals surface area contributed by atoms with Gasteiger partial charge in [0.05, 0.1) is 54.1 Å². The van der Waals surface area contributed by atoms with Crippen LogP contribution in [0.4, 0.5) is 21.9 Å². The van der Waals surface area contributed by atoms with Gasteiger partial charge in [0.15, 0.2) is 17.7 Å². The van der Waals surface area contributed by atoms with Crippen molar-refractivity contribution in [3.05, 3.63) is 94.7 Å². The summed E-state index contributed by atoms with van der Waals surface area (Å²) in [5, 5.41) is 41.8. The van der Waals surface area contributed by atoms with Gasteiger partial charge in [0.25, 0.3) is 23.6 Å². The quantitative estimate of drug-likeness (QED) is 0.0525. The van der Waals surface area contributed by atoms with Gasteiger partial charge < -0.3 is 79.1 Å². The van der Waals surface area contributed by atoms with Crippen LogP contribution in [-0.4, -0.2) is 136 Å². The highest BCUT2D eigenvalue weighted by Crippen LogP contribution is 2.42. The van der Waals surface area contributed by atoms with E-state index in [1.807, 2.05) is 0 Å². The molecule has 1 fully saturated rings. The van der Waals surface area contributed by atoms with Crippen molar-refractivity contribution in [1.82, 2.24) is 24.7 Å². The number of rotatable bonds is 19. The molecule has 4 aromatic rings. The lowest BCUT2D eigenvalue weighted by molar-refractivity contribution is -0.176. The Morgan fingerprint density at radius 3 is 2.31 bits per heavy atom. The molecular formula is C49H58N8O15. The van der Waals surface area contributed by atoms with Gasteiger partial charge in [0.2, 0.25) is 12.2 Å². The first-order valence-corrected chi connectivity index (χ1v) is 23.1. The number of fused-ring (bicyclic) bond motifs is 2. The summed E-state index contributed by atoms with van der Waals surface area (Å²) < 4.78 is 32.0. The zero-order chi connectivity index (χ0) is 51.8. The predicted octanol–water partition coefficient (Wildman–Crippen LogP) is 2.93. The Balaban J connectivity index is 1.01. The number of anilines is 3. The average Bonchev–Trinajstić information content (AvgIpc) is 4.04. The number of aromatic nitrogens is 2. The zero-order valence-electron chi connectivity index (χ0n) is 40.3. The minimum absolute atomic E-state index is 0.000405. The van der Waals surface area contributed by atoms with Crippen LogP contribution in [0.3, 0.4) is 0 Å². The van der Waals surface area contributed by atoms with Crippen LogP contribution in [0.15, 0.2) is 66.6 Å². The first kappa shape index (κ1) is 52.1. The summed E-state index contributed by atoms with van der Waals surface area (Å²) in [7, 11) is 6.09. The lowest BCUT2D eigenvalue weighted by Crippen LogP contribution is -2.50. The Hall–Kier alpha value is -7.73. The number of aliphatic hydroxyl groups is 3. The predicted molar refractivity (Wildman–Crippen MR) is 257 cm³/mol. The van der Waals surface area contributed by atoms with Gasteiger partial charge in [-0.25, -0.2) is 9.69 Å². The van der Waals surface area contributed by atoms with Crippen LogP contribution in [0.25, 0.3) is 0 Å². The van der Waals surface area contributed by atoms with E-state index in [9.17, 15) is 43.8 Å². The number of hydrogen-bond acceptors (Lipinski definition) is 15. The number of benzene rings is 2. The maximum atomic E-state index is 14.2. The van der Waals surface area contributed by atoms with Gasteiger partial charge in [-0.2, -0.15) is 0 Å². The van der Waals surface area contributed by atoms with E-state index in [2.05, 4.69) is 21.3 Å². The summed E-state index contributed by atoms with van der Waals surface area (Å²) in [4.78, 5) is 93.8. The number of amides is 6. The van der Waals surface area contributed by atoms with Crippen LogP contribution < -0.4 is 40.4 Å². The van der Waals surface area contributed by atoms with Crippen LogP contribution in [0.2, 0.25) is 0 Å². The van der Waals surface area contributed by atoms with Gasteiger partial charge in [-0.1, -0.05) is 11.6 Å². The molecule has 1 saturated heterocycles. The highest BCUT2D eigenvalue weighted by Gasteiger charge is 2.45. The average molecular weight is 999 g/mol. The van der Waals surface area contributed by atoms with Crippen molar-refractivity contribution in [2.24, 2.45) is 14.1 Å². The van der Waals surface area contributed by atoms with Crippen molar-refractivity contribution in [2.45, 2.75) is 82.8 Å². The molecule has 72 heavy (non-hydrogen) atoms. The molecule has 3 aliphatic rings. The number of carbonyl (C=O) groups excluding carboxylic acids is 7. The molecule has 23 nitrogen and oxygen atoms in total. The molecule has 2 aromatic carbocycles. The fourth-order valence-electron chi connectivity index (χ4n) is 8.54. The molecule has 0 saturated carbocycles. The molecule has 0 bridgehead atoms. The number of aldehydes is 1. The van der Waals surface area contributed by atoms with Gasteiger partial charge in [-0.05, 0) is 62.1 Å². The van der Waals surface area contributed by atoms with Crippen LogP contribution in [0.1, 0.15) is 92.7 Å². The van der Waals surface area contributed by atoms with Crippen molar-refractivity contribution >= 4 is 59.0 Å². The molecule has 2 unspecified atom stereocenters. The normalized spacial score (nSPS) is 19.2. The van der Waals surface area contributed by atoms with Crippen LogP contribution in [0.5, 0.6) is 17.2 Å². The van der Waals surface area contributed by atoms with Gasteiger partial charge in [-0.3, -0.25) is 24.0 Å². The van der Waals surface area contributed by atoms with E-state index in [1.165, 1.54) is 66.1 Å². The maximum Gasteiger partial charge on any atom is 0.416 e. The molecule has 0 radical (unpaired) electrons. The van der Waals surface area contributed by atoms with Crippen molar-refractivity contribution in [3.8, 4) is 17.2 Å². The monoisotopic (exact) mass is 998 g/mol. The minimum Gasteiger partial charge on any atom is -0.493 e. The van der Waals surface area contributed by atoms with Crippen molar-refractivity contribution < 1.29 is 72.6 Å². The van der Waals surface area contributed by atoms with E-state index in [4.69, 9.17) is 28.8 Å². The number of ether oxygens (including phenoxy) is 5. The molecule has 7 rings (SSSR count). The fourth-order valence-corrected chi connectivity index (χ4v) is 8.54. The molecule has 7 N–H and O–H groups in total. The van der Waals surface area contributed by atoms with Gasteiger partial charge >= 0.3 is 6.09 Å². The second-order valence-corrected chi connectivity index (χ2v) is 17.4. The third-order valence-electron chi connectivity index (χ3n) is 12.1. The topological polar surface area (TPSA) is 291 Å². The lowest BCUT2D eigenvalue weighted by atomic mass is 10.1. The standard InChI is InChI=1S/C49H58N8O15/c1-27-14-38-48(66)57(49(67)70-26-28-9-10-39(34(15-28)44(62)50-2)72-43-19-31(60)18-32(25-59)71-43)35-21-41(40(68-5)20-33(35)47(65)56(38)22-27)69-13-6-8-42(61)52-29-16-37(55(4)23-29)46(64)53-30-17-36(54(3)24-30)45(63)51-11-7-12-58/h9-10,15-17,20-25,31-32,38,43,48,58,60,66H,6-8,11-14,18-19,26H2,1-5H3,(H,50,62)(H,51,63)(H,52,61)(H,53,64)/t31-,32-,38?,43-,48?/m0/s1. The molecule has 5 atom stereocenters. The van der Waals surface area contributed by atoms with E-state index >= 15 is 0 Å². The Kier molecular flexibility index (Phi) is 16.6. The molecule has 6 amide bonds. The van der Waals surface area contributed by atoms with Gasteiger partial charge in [0, 0.05) is 78.2 Å². The number of aryl methyl sites for hydroxylation is 2. The van der Waals surface area contributed by atoms with E-state index in [0.29, 0.717) is 41.9 Å². The summed E-state index contributed by atoms with van der Waals surface area (Å²) in [6.07, 6.45) is 0.934. The Labute approximate surface area is 413 Å². The Morgan fingerprint density at radius 1 is 0.889 bits per heavy atom. The molecule has 3 aliphatic heterocycles. The molecule has 0 aliphatic carbocycles. The number of nitrogens with zero attached hydrogens (tertiary/aromatic N) is 4. The Morgan fingerprint density at radius 2 is 1.61 bits per heavy atom. The number of methoxy groups -OCH3 is 1. The first-order valence-electron chi connectivity index (χ1n) is 23.1. The second kappa shape index (κ2) is 23.0. The zero-order valence-corrected chi connectivity index (χ0v) is 40.3. The Bertz CT molecular complexity index is 2750. The van der Waals surface area contributed by atoms with Gasteiger partial charge in [-0.15, -0.1) is 0 Å². The van der Waals surface area contributed by atoms with Crippen LogP contribution >= 0.6 is 0 Å². The lowest BCUT2D eigenvalue weighted by Gasteiger charge is -2.32. The smallest absolute Gasteiger partial charge is 0.416 e. The first-order chi connectivity index (χ1) is 34.5. The van der Waals surface area contributed by atoms with E-state index in [1.54, 1.807) is 44.2 Å². The minimum atomic E-state index is -1.60. The van der Waals surface area contributed by atoms with Crippen molar-refractivity contribution in [1.29, 1.82) is 0 Å². The van der Waals surface area contributed by atoms with E-state index in [0.717, 1.165) is 10.5 Å².